The molecule has 5 nitrogen and oxygen atoms in total. The van der Waals surface area contributed by atoms with Gasteiger partial charge in [-0.15, -0.1) is 0 Å². The largest absolute Gasteiger partial charge is 0.481 e. The summed E-state index contributed by atoms with van der Waals surface area (Å²) in [5, 5.41) is 21.6. The molecule has 0 aromatic carbocycles. The van der Waals surface area contributed by atoms with E-state index in [1.54, 1.807) is 12.3 Å². The minimum Gasteiger partial charge on any atom is -0.481 e. The number of nitrogens with zero attached hydrogens (tertiary/aromatic N) is 2. The molecule has 0 amide bonds. The van der Waals surface area contributed by atoms with Crippen molar-refractivity contribution in [3.63, 3.8) is 0 Å². The molecule has 1 heterocycles. The first-order valence-electron chi connectivity index (χ1n) is 3.98. The molecule has 0 bridgehead atoms. The Morgan fingerprint density at radius 2 is 2.46 bits per heavy atom. The van der Waals surface area contributed by atoms with Gasteiger partial charge in [-0.1, -0.05) is 0 Å². The summed E-state index contributed by atoms with van der Waals surface area (Å²) in [6, 6.07) is 1.80. The van der Waals surface area contributed by atoms with Crippen molar-refractivity contribution in [2.45, 2.75) is 26.0 Å². The molecule has 1 unspecified atom stereocenters. The summed E-state index contributed by atoms with van der Waals surface area (Å²) in [6.07, 6.45) is 0.580. The van der Waals surface area contributed by atoms with Crippen molar-refractivity contribution in [3.8, 4) is 0 Å². The van der Waals surface area contributed by atoms with Gasteiger partial charge < -0.3 is 10.2 Å². The molecule has 0 spiro atoms. The highest BCUT2D eigenvalue weighted by molar-refractivity contribution is 5.67. The molecule has 1 atom stereocenters. The zero-order chi connectivity index (χ0) is 9.84. The molecule has 13 heavy (non-hydrogen) atoms. The number of carbonyl (C=O) groups is 1. The summed E-state index contributed by atoms with van der Waals surface area (Å²) in [5.74, 6) is -1.00. The van der Waals surface area contributed by atoms with Gasteiger partial charge in [0.1, 0.15) is 0 Å². The quantitative estimate of drug-likeness (QED) is 0.692. The minimum atomic E-state index is -1.00. The molecular weight excluding hydrogens is 172 g/mol. The first-order chi connectivity index (χ1) is 6.08. The van der Waals surface area contributed by atoms with Crippen molar-refractivity contribution in [3.05, 3.63) is 18.0 Å². The standard InChI is InChI=1S/C8H12N2O3/c1-6-2-3-10(9-6)5-7(11)4-8(12)13/h2-3,7,11H,4-5H2,1H3,(H,12,13). The van der Waals surface area contributed by atoms with E-state index in [4.69, 9.17) is 5.11 Å². The highest BCUT2D eigenvalue weighted by Gasteiger charge is 2.10. The van der Waals surface area contributed by atoms with Crippen LogP contribution in [0.5, 0.6) is 0 Å². The van der Waals surface area contributed by atoms with E-state index < -0.39 is 12.1 Å². The number of rotatable bonds is 4. The van der Waals surface area contributed by atoms with E-state index in [-0.39, 0.29) is 13.0 Å². The van der Waals surface area contributed by atoms with Crippen LogP contribution in [0.4, 0.5) is 0 Å². The summed E-state index contributed by atoms with van der Waals surface area (Å²) in [4.78, 5) is 10.2. The third-order valence-corrected chi connectivity index (χ3v) is 1.58. The number of carboxylic acids is 1. The summed E-state index contributed by atoms with van der Waals surface area (Å²) in [5.41, 5.74) is 0.850. The van der Waals surface area contributed by atoms with Crippen LogP contribution in [-0.4, -0.2) is 32.1 Å². The maximum Gasteiger partial charge on any atom is 0.306 e. The van der Waals surface area contributed by atoms with Crippen LogP contribution < -0.4 is 0 Å². The van der Waals surface area contributed by atoms with Crippen molar-refractivity contribution < 1.29 is 15.0 Å². The minimum absolute atomic E-state index is 0.222. The Kier molecular flexibility index (Phi) is 3.02. The second-order valence-electron chi connectivity index (χ2n) is 2.93. The highest BCUT2D eigenvalue weighted by atomic mass is 16.4. The van der Waals surface area contributed by atoms with Crippen LogP contribution in [0, 0.1) is 6.92 Å². The fourth-order valence-electron chi connectivity index (χ4n) is 1.05. The van der Waals surface area contributed by atoms with Crippen LogP contribution in [0.2, 0.25) is 0 Å². The second-order valence-corrected chi connectivity index (χ2v) is 2.93. The van der Waals surface area contributed by atoms with Crippen LogP contribution in [0.3, 0.4) is 0 Å². The van der Waals surface area contributed by atoms with Gasteiger partial charge in [0.15, 0.2) is 0 Å². The monoisotopic (exact) mass is 184 g/mol. The number of aromatic nitrogens is 2. The zero-order valence-electron chi connectivity index (χ0n) is 7.34. The number of hydrogen-bond donors (Lipinski definition) is 2. The molecule has 1 rings (SSSR count). The van der Waals surface area contributed by atoms with E-state index in [2.05, 4.69) is 5.10 Å². The summed E-state index contributed by atoms with van der Waals surface area (Å²) < 4.78 is 1.53. The average Bonchev–Trinajstić information content (AvgIpc) is 2.33. The topological polar surface area (TPSA) is 75.4 Å². The Labute approximate surface area is 75.6 Å². The Balaban J connectivity index is 2.44. The molecule has 0 radical (unpaired) electrons. The van der Waals surface area contributed by atoms with Crippen molar-refractivity contribution in [1.29, 1.82) is 0 Å². The molecule has 1 aromatic heterocycles. The molecule has 0 saturated carbocycles. The van der Waals surface area contributed by atoms with E-state index >= 15 is 0 Å². The van der Waals surface area contributed by atoms with Crippen LogP contribution in [0.15, 0.2) is 12.3 Å². The second kappa shape index (κ2) is 4.04. The van der Waals surface area contributed by atoms with Crippen LogP contribution in [0.1, 0.15) is 12.1 Å². The van der Waals surface area contributed by atoms with E-state index in [0.717, 1.165) is 5.69 Å². The average molecular weight is 184 g/mol. The van der Waals surface area contributed by atoms with E-state index in [1.807, 2.05) is 6.92 Å². The Morgan fingerprint density at radius 1 is 1.77 bits per heavy atom. The van der Waals surface area contributed by atoms with Gasteiger partial charge >= 0.3 is 5.97 Å². The lowest BCUT2D eigenvalue weighted by Crippen LogP contribution is -2.20. The molecule has 0 aliphatic carbocycles. The van der Waals surface area contributed by atoms with Gasteiger partial charge in [-0.2, -0.15) is 5.10 Å². The van der Waals surface area contributed by atoms with E-state index in [1.165, 1.54) is 4.68 Å². The zero-order valence-corrected chi connectivity index (χ0v) is 7.34. The SMILES string of the molecule is Cc1ccn(CC(O)CC(=O)O)n1. The lowest BCUT2D eigenvalue weighted by molar-refractivity contribution is -0.139. The summed E-state index contributed by atoms with van der Waals surface area (Å²) in [6.45, 7) is 2.06. The fourth-order valence-corrected chi connectivity index (χ4v) is 1.05. The number of aliphatic hydroxyl groups excluding tert-OH is 1. The highest BCUT2D eigenvalue weighted by Crippen LogP contribution is 1.98. The van der Waals surface area contributed by atoms with Gasteiger partial charge in [0.2, 0.25) is 0 Å². The van der Waals surface area contributed by atoms with Gasteiger partial charge in [-0.3, -0.25) is 9.48 Å². The first kappa shape index (κ1) is 9.73. The van der Waals surface area contributed by atoms with Crippen molar-refractivity contribution in [1.82, 2.24) is 9.78 Å². The van der Waals surface area contributed by atoms with Crippen LogP contribution in [-0.2, 0) is 11.3 Å². The van der Waals surface area contributed by atoms with E-state index in [9.17, 15) is 9.90 Å². The smallest absolute Gasteiger partial charge is 0.306 e. The number of hydrogen-bond acceptors (Lipinski definition) is 3. The third kappa shape index (κ3) is 3.25. The van der Waals surface area contributed by atoms with Gasteiger partial charge in [-0.05, 0) is 13.0 Å². The molecule has 0 aliphatic rings. The molecule has 0 aliphatic heterocycles. The van der Waals surface area contributed by atoms with Crippen LogP contribution in [0.25, 0.3) is 0 Å². The maximum atomic E-state index is 10.2. The Hall–Kier alpha value is -1.36. The molecule has 2 N–H and O–H groups in total. The molecule has 0 fully saturated rings. The Bertz CT molecular complexity index is 295. The normalized spacial score (nSPS) is 12.8. The maximum absolute atomic E-state index is 10.2. The van der Waals surface area contributed by atoms with Crippen LogP contribution >= 0.6 is 0 Å². The molecule has 72 valence electrons. The lowest BCUT2D eigenvalue weighted by atomic mass is 10.2. The molecule has 5 heteroatoms. The molecule has 1 aromatic rings. The number of aryl methyl sites for hydroxylation is 1. The Morgan fingerprint density at radius 3 is 2.92 bits per heavy atom. The summed E-state index contributed by atoms with van der Waals surface area (Å²) >= 11 is 0. The fraction of sp³-hybridized carbons (Fsp3) is 0.500. The van der Waals surface area contributed by atoms with Gasteiger partial charge in [0, 0.05) is 6.20 Å². The molecule has 0 saturated heterocycles. The van der Waals surface area contributed by atoms with Crippen molar-refractivity contribution in [2.75, 3.05) is 0 Å². The van der Waals surface area contributed by atoms with Crippen molar-refractivity contribution in [2.24, 2.45) is 0 Å². The van der Waals surface area contributed by atoms with E-state index in [0.29, 0.717) is 0 Å². The summed E-state index contributed by atoms with van der Waals surface area (Å²) in [7, 11) is 0. The van der Waals surface area contributed by atoms with Gasteiger partial charge in [-0.25, -0.2) is 0 Å². The number of aliphatic hydroxyl groups is 1. The lowest BCUT2D eigenvalue weighted by Gasteiger charge is -2.06. The molecular formula is C8H12N2O3. The first-order valence-corrected chi connectivity index (χ1v) is 3.98. The number of aliphatic carboxylic acids is 1. The van der Waals surface area contributed by atoms with Gasteiger partial charge in [0.25, 0.3) is 0 Å². The predicted molar refractivity (Wildman–Crippen MR) is 45.2 cm³/mol. The predicted octanol–water partition coefficient (Wildman–Crippen LogP) is 0.0271. The van der Waals surface area contributed by atoms with Gasteiger partial charge in [0.05, 0.1) is 24.8 Å². The third-order valence-electron chi connectivity index (χ3n) is 1.58. The number of carboxylic acid groups (broad SMARTS) is 1. The van der Waals surface area contributed by atoms with Crippen molar-refractivity contribution >= 4 is 5.97 Å².